The Kier molecular flexibility index (Phi) is 5.62. The normalized spacial score (nSPS) is 16.6. The van der Waals surface area contributed by atoms with Crippen LogP contribution in [0.1, 0.15) is 37.3 Å². The maximum absolute atomic E-state index is 12.3. The zero-order valence-electron chi connectivity index (χ0n) is 13.3. The summed E-state index contributed by atoms with van der Waals surface area (Å²) in [4.78, 5) is 14.3. The van der Waals surface area contributed by atoms with E-state index >= 15 is 0 Å². The molecule has 1 N–H and O–H groups in total. The molecular formula is C17H26N2O2. The number of benzene rings is 1. The van der Waals surface area contributed by atoms with E-state index in [9.17, 15) is 4.79 Å². The minimum Gasteiger partial charge on any atom is -0.496 e. The van der Waals surface area contributed by atoms with Crippen molar-refractivity contribution < 1.29 is 9.53 Å². The first-order valence-corrected chi connectivity index (χ1v) is 7.77. The Balaban J connectivity index is 1.86. The van der Waals surface area contributed by atoms with Gasteiger partial charge >= 0.3 is 0 Å². The second-order valence-electron chi connectivity index (χ2n) is 5.79. The zero-order valence-corrected chi connectivity index (χ0v) is 13.3. The molecule has 1 aliphatic rings. The van der Waals surface area contributed by atoms with Crippen molar-refractivity contribution >= 4 is 5.91 Å². The van der Waals surface area contributed by atoms with Crippen LogP contribution in [0.15, 0.2) is 18.2 Å². The van der Waals surface area contributed by atoms with Crippen LogP contribution >= 0.6 is 0 Å². The fraction of sp³-hybridized carbons (Fsp3) is 0.588. The molecule has 4 heteroatoms. The first-order valence-electron chi connectivity index (χ1n) is 7.77. The number of likely N-dealkylation sites (tertiary alicyclic amines) is 1. The fourth-order valence-corrected chi connectivity index (χ4v) is 2.80. The Morgan fingerprint density at radius 3 is 2.67 bits per heavy atom. The summed E-state index contributed by atoms with van der Waals surface area (Å²) in [5.74, 6) is 1.12. The number of aryl methyl sites for hydroxylation is 1. The third kappa shape index (κ3) is 4.21. The van der Waals surface area contributed by atoms with Gasteiger partial charge in [-0.25, -0.2) is 0 Å². The molecule has 4 nitrogen and oxygen atoms in total. The van der Waals surface area contributed by atoms with E-state index < -0.39 is 0 Å². The lowest BCUT2D eigenvalue weighted by molar-refractivity contribution is -0.133. The molecule has 1 aliphatic heterocycles. The lowest BCUT2D eigenvalue weighted by Crippen LogP contribution is -2.46. The van der Waals surface area contributed by atoms with E-state index in [1.807, 2.05) is 30.9 Å². The van der Waals surface area contributed by atoms with Crippen LogP contribution in [0, 0.1) is 6.92 Å². The molecule has 21 heavy (non-hydrogen) atoms. The van der Waals surface area contributed by atoms with Crippen molar-refractivity contribution in [3.8, 4) is 5.75 Å². The molecule has 0 bridgehead atoms. The number of carbonyl (C=O) groups excluding carboxylic acids is 1. The minimum atomic E-state index is -0.134. The van der Waals surface area contributed by atoms with Gasteiger partial charge in [-0.15, -0.1) is 0 Å². The third-order valence-electron chi connectivity index (χ3n) is 4.11. The molecule has 1 fully saturated rings. The highest BCUT2D eigenvalue weighted by atomic mass is 16.5. The SMILES string of the molecule is COc1ccc(CNC(C)C(=O)N2CCCCC2)cc1C. The van der Waals surface area contributed by atoms with Gasteiger partial charge in [0, 0.05) is 19.6 Å². The topological polar surface area (TPSA) is 41.6 Å². The predicted molar refractivity (Wildman–Crippen MR) is 84.5 cm³/mol. The number of nitrogens with zero attached hydrogens (tertiary/aromatic N) is 1. The largest absolute Gasteiger partial charge is 0.496 e. The summed E-state index contributed by atoms with van der Waals surface area (Å²) in [6.45, 7) is 6.50. The second-order valence-corrected chi connectivity index (χ2v) is 5.79. The zero-order chi connectivity index (χ0) is 15.2. The molecule has 1 amide bonds. The quantitative estimate of drug-likeness (QED) is 0.906. The Hall–Kier alpha value is -1.55. The van der Waals surface area contributed by atoms with Gasteiger partial charge in [-0.1, -0.05) is 12.1 Å². The Labute approximate surface area is 127 Å². The van der Waals surface area contributed by atoms with Gasteiger partial charge in [0.2, 0.25) is 5.91 Å². The summed E-state index contributed by atoms with van der Waals surface area (Å²) in [5.41, 5.74) is 2.29. The molecule has 1 atom stereocenters. The summed E-state index contributed by atoms with van der Waals surface area (Å²) in [5, 5.41) is 3.33. The number of piperidine rings is 1. The molecule has 1 saturated heterocycles. The number of nitrogens with one attached hydrogen (secondary N) is 1. The van der Waals surface area contributed by atoms with Gasteiger partial charge in [-0.3, -0.25) is 4.79 Å². The summed E-state index contributed by atoms with van der Waals surface area (Å²) in [6, 6.07) is 5.98. The van der Waals surface area contributed by atoms with E-state index in [0.717, 1.165) is 37.2 Å². The fourth-order valence-electron chi connectivity index (χ4n) is 2.80. The summed E-state index contributed by atoms with van der Waals surface area (Å²) in [7, 11) is 1.68. The van der Waals surface area contributed by atoms with Gasteiger partial charge in [-0.05, 0) is 50.3 Å². The highest BCUT2D eigenvalue weighted by Crippen LogP contribution is 2.18. The molecule has 1 unspecified atom stereocenters. The summed E-state index contributed by atoms with van der Waals surface area (Å²) >= 11 is 0. The number of rotatable bonds is 5. The van der Waals surface area contributed by atoms with E-state index in [4.69, 9.17) is 4.74 Å². The molecule has 0 spiro atoms. The molecule has 116 valence electrons. The average Bonchev–Trinajstić information content (AvgIpc) is 2.52. The maximum atomic E-state index is 12.3. The van der Waals surface area contributed by atoms with Crippen molar-refractivity contribution in [2.75, 3.05) is 20.2 Å². The molecular weight excluding hydrogens is 264 g/mol. The van der Waals surface area contributed by atoms with Gasteiger partial charge in [-0.2, -0.15) is 0 Å². The van der Waals surface area contributed by atoms with Crippen molar-refractivity contribution in [3.05, 3.63) is 29.3 Å². The van der Waals surface area contributed by atoms with Gasteiger partial charge in [0.1, 0.15) is 5.75 Å². The van der Waals surface area contributed by atoms with Crippen molar-refractivity contribution in [2.24, 2.45) is 0 Å². The highest BCUT2D eigenvalue weighted by Gasteiger charge is 2.21. The number of hydrogen-bond donors (Lipinski definition) is 1. The van der Waals surface area contributed by atoms with E-state index in [1.54, 1.807) is 7.11 Å². The van der Waals surface area contributed by atoms with Crippen LogP contribution in [-0.4, -0.2) is 37.0 Å². The maximum Gasteiger partial charge on any atom is 0.239 e. The standard InChI is InChI=1S/C17H26N2O2/c1-13-11-15(7-8-16(13)21-3)12-18-14(2)17(20)19-9-5-4-6-10-19/h7-8,11,14,18H,4-6,9-10,12H2,1-3H3. The summed E-state index contributed by atoms with van der Waals surface area (Å²) < 4.78 is 5.26. The van der Waals surface area contributed by atoms with E-state index in [0.29, 0.717) is 6.54 Å². The van der Waals surface area contributed by atoms with Crippen LogP contribution in [-0.2, 0) is 11.3 Å². The van der Waals surface area contributed by atoms with Crippen LogP contribution in [0.2, 0.25) is 0 Å². The summed E-state index contributed by atoms with van der Waals surface area (Å²) in [6.07, 6.45) is 3.52. The molecule has 0 radical (unpaired) electrons. The number of amides is 1. The van der Waals surface area contributed by atoms with Gasteiger partial charge in [0.05, 0.1) is 13.2 Å². The number of ether oxygens (including phenoxy) is 1. The molecule has 0 aromatic heterocycles. The number of methoxy groups -OCH3 is 1. The lowest BCUT2D eigenvalue weighted by atomic mass is 10.1. The van der Waals surface area contributed by atoms with Crippen LogP contribution in [0.25, 0.3) is 0 Å². The molecule has 2 rings (SSSR count). The molecule has 1 heterocycles. The first kappa shape index (κ1) is 15.8. The van der Waals surface area contributed by atoms with Crippen LogP contribution < -0.4 is 10.1 Å². The molecule has 1 aromatic carbocycles. The number of hydrogen-bond acceptors (Lipinski definition) is 3. The van der Waals surface area contributed by atoms with Gasteiger partial charge < -0.3 is 15.0 Å². The minimum absolute atomic E-state index is 0.134. The lowest BCUT2D eigenvalue weighted by Gasteiger charge is -2.29. The van der Waals surface area contributed by atoms with Crippen LogP contribution in [0.4, 0.5) is 0 Å². The van der Waals surface area contributed by atoms with Gasteiger partial charge in [0.15, 0.2) is 0 Å². The Morgan fingerprint density at radius 2 is 2.05 bits per heavy atom. The van der Waals surface area contributed by atoms with Crippen LogP contribution in [0.3, 0.4) is 0 Å². The third-order valence-corrected chi connectivity index (χ3v) is 4.11. The Morgan fingerprint density at radius 1 is 1.33 bits per heavy atom. The second kappa shape index (κ2) is 7.46. The monoisotopic (exact) mass is 290 g/mol. The molecule has 1 aromatic rings. The van der Waals surface area contributed by atoms with Crippen molar-refractivity contribution in [3.63, 3.8) is 0 Å². The van der Waals surface area contributed by atoms with E-state index in [2.05, 4.69) is 11.4 Å². The number of carbonyl (C=O) groups is 1. The Bertz CT molecular complexity index is 482. The predicted octanol–water partition coefficient (Wildman–Crippen LogP) is 2.49. The van der Waals surface area contributed by atoms with E-state index in [-0.39, 0.29) is 11.9 Å². The first-order chi connectivity index (χ1) is 10.1. The van der Waals surface area contributed by atoms with Gasteiger partial charge in [0.25, 0.3) is 0 Å². The van der Waals surface area contributed by atoms with Crippen molar-refractivity contribution in [1.82, 2.24) is 10.2 Å². The molecule has 0 saturated carbocycles. The van der Waals surface area contributed by atoms with E-state index in [1.165, 1.54) is 12.0 Å². The highest BCUT2D eigenvalue weighted by molar-refractivity contribution is 5.81. The van der Waals surface area contributed by atoms with Crippen LogP contribution in [0.5, 0.6) is 5.75 Å². The smallest absolute Gasteiger partial charge is 0.239 e. The average molecular weight is 290 g/mol. The van der Waals surface area contributed by atoms with Crippen molar-refractivity contribution in [1.29, 1.82) is 0 Å². The molecule has 0 aliphatic carbocycles. The van der Waals surface area contributed by atoms with Crippen molar-refractivity contribution in [2.45, 2.75) is 45.7 Å².